The molecule has 1 aliphatic heterocycles. The Morgan fingerprint density at radius 2 is 1.94 bits per heavy atom. The van der Waals surface area contributed by atoms with Crippen molar-refractivity contribution in [2.75, 3.05) is 33.4 Å². The van der Waals surface area contributed by atoms with E-state index in [1.54, 1.807) is 36.3 Å². The van der Waals surface area contributed by atoms with Gasteiger partial charge >= 0.3 is 0 Å². The first kappa shape index (κ1) is 22.9. The number of amides is 2. The number of morpholine rings is 1. The summed E-state index contributed by atoms with van der Waals surface area (Å²) in [6.45, 7) is 1.08. The third-order valence-corrected chi connectivity index (χ3v) is 5.47. The van der Waals surface area contributed by atoms with Crippen LogP contribution in [-0.4, -0.2) is 55.7 Å². The standard InChI is InChI=1S/C23H27ClN2O5/c1-29-20-5-3-2-4-17(20)6-11-22(28)26-12-13-31-23(15-26,14-21(25)27)16-30-19-9-7-18(24)8-10-19/h2-5,7-10H,6,11-16H2,1H3,(H2,25,27)/t23-/m1/s1. The molecular weight excluding hydrogens is 420 g/mol. The number of ether oxygens (including phenoxy) is 3. The number of primary amides is 1. The summed E-state index contributed by atoms with van der Waals surface area (Å²) in [5.41, 5.74) is 5.45. The number of para-hydroxylation sites is 1. The van der Waals surface area contributed by atoms with E-state index in [1.807, 2.05) is 24.3 Å². The highest BCUT2D eigenvalue weighted by Gasteiger charge is 2.40. The molecular formula is C23H27ClN2O5. The molecule has 0 saturated carbocycles. The van der Waals surface area contributed by atoms with Crippen LogP contribution in [0.3, 0.4) is 0 Å². The molecule has 1 atom stereocenters. The van der Waals surface area contributed by atoms with Gasteiger partial charge in [0.2, 0.25) is 11.8 Å². The number of nitrogens with two attached hydrogens (primary N) is 1. The molecule has 1 heterocycles. The zero-order valence-corrected chi connectivity index (χ0v) is 18.3. The number of nitrogens with zero attached hydrogens (tertiary/aromatic N) is 1. The lowest BCUT2D eigenvalue weighted by Gasteiger charge is -2.42. The van der Waals surface area contributed by atoms with Gasteiger partial charge in [0.25, 0.3) is 0 Å². The predicted molar refractivity (Wildman–Crippen MR) is 117 cm³/mol. The normalized spacial score (nSPS) is 18.5. The van der Waals surface area contributed by atoms with Gasteiger partial charge in [-0.05, 0) is 42.3 Å². The molecule has 8 heteroatoms. The van der Waals surface area contributed by atoms with Crippen LogP contribution >= 0.6 is 11.6 Å². The van der Waals surface area contributed by atoms with E-state index in [2.05, 4.69) is 0 Å². The fourth-order valence-electron chi connectivity index (χ4n) is 3.68. The van der Waals surface area contributed by atoms with Gasteiger partial charge in [0.05, 0.1) is 26.7 Å². The zero-order valence-electron chi connectivity index (χ0n) is 17.5. The van der Waals surface area contributed by atoms with Crippen LogP contribution in [0.1, 0.15) is 18.4 Å². The van der Waals surface area contributed by atoms with Crippen LogP contribution in [0.25, 0.3) is 0 Å². The number of aryl methyl sites for hydroxylation is 1. The highest BCUT2D eigenvalue weighted by Crippen LogP contribution is 2.26. The van der Waals surface area contributed by atoms with Crippen molar-refractivity contribution in [1.82, 2.24) is 4.90 Å². The Balaban J connectivity index is 1.65. The van der Waals surface area contributed by atoms with Crippen LogP contribution in [0.2, 0.25) is 5.02 Å². The minimum atomic E-state index is -0.996. The van der Waals surface area contributed by atoms with E-state index in [1.165, 1.54) is 0 Å². The number of benzene rings is 2. The fraction of sp³-hybridized carbons (Fsp3) is 0.391. The molecule has 0 radical (unpaired) electrons. The molecule has 2 N–H and O–H groups in total. The molecule has 0 aromatic heterocycles. The molecule has 0 spiro atoms. The third kappa shape index (κ3) is 6.35. The first-order valence-corrected chi connectivity index (χ1v) is 10.5. The summed E-state index contributed by atoms with van der Waals surface area (Å²) in [4.78, 5) is 26.4. The van der Waals surface area contributed by atoms with Crippen molar-refractivity contribution in [2.45, 2.75) is 24.9 Å². The quantitative estimate of drug-likeness (QED) is 0.639. The van der Waals surface area contributed by atoms with E-state index in [0.717, 1.165) is 11.3 Å². The van der Waals surface area contributed by atoms with E-state index in [-0.39, 0.29) is 25.5 Å². The molecule has 1 aliphatic rings. The zero-order chi connectivity index (χ0) is 22.3. The maximum absolute atomic E-state index is 12.9. The Hall–Kier alpha value is -2.77. The summed E-state index contributed by atoms with van der Waals surface area (Å²) in [6, 6.07) is 14.5. The fourth-order valence-corrected chi connectivity index (χ4v) is 3.80. The first-order chi connectivity index (χ1) is 14.9. The molecule has 2 aromatic carbocycles. The van der Waals surface area contributed by atoms with E-state index in [0.29, 0.717) is 36.8 Å². The predicted octanol–water partition coefficient (Wildman–Crippen LogP) is 2.83. The van der Waals surface area contributed by atoms with Gasteiger partial charge in [0, 0.05) is 18.0 Å². The van der Waals surface area contributed by atoms with Gasteiger partial charge in [0.15, 0.2) is 0 Å². The summed E-state index contributed by atoms with van der Waals surface area (Å²) >= 11 is 5.91. The summed E-state index contributed by atoms with van der Waals surface area (Å²) in [5, 5.41) is 0.597. The van der Waals surface area contributed by atoms with Gasteiger partial charge < -0.3 is 24.8 Å². The van der Waals surface area contributed by atoms with Crippen molar-refractivity contribution in [2.24, 2.45) is 5.73 Å². The molecule has 2 amide bonds. The van der Waals surface area contributed by atoms with Crippen molar-refractivity contribution in [3.8, 4) is 11.5 Å². The van der Waals surface area contributed by atoms with E-state index >= 15 is 0 Å². The minimum absolute atomic E-state index is 0.0189. The van der Waals surface area contributed by atoms with Crippen molar-refractivity contribution in [3.05, 3.63) is 59.1 Å². The topological polar surface area (TPSA) is 91.1 Å². The van der Waals surface area contributed by atoms with Gasteiger partial charge in [0.1, 0.15) is 23.7 Å². The summed E-state index contributed by atoms with van der Waals surface area (Å²) < 4.78 is 17.1. The largest absolute Gasteiger partial charge is 0.496 e. The van der Waals surface area contributed by atoms with Crippen LogP contribution < -0.4 is 15.2 Å². The second kappa shape index (κ2) is 10.5. The van der Waals surface area contributed by atoms with Crippen molar-refractivity contribution in [3.63, 3.8) is 0 Å². The van der Waals surface area contributed by atoms with Gasteiger partial charge in [-0.1, -0.05) is 29.8 Å². The van der Waals surface area contributed by atoms with Crippen molar-refractivity contribution < 1.29 is 23.8 Å². The molecule has 7 nitrogen and oxygen atoms in total. The molecule has 0 bridgehead atoms. The average molecular weight is 447 g/mol. The number of carbonyl (C=O) groups excluding carboxylic acids is 2. The summed E-state index contributed by atoms with van der Waals surface area (Å²) in [7, 11) is 1.61. The Kier molecular flexibility index (Phi) is 7.76. The Morgan fingerprint density at radius 3 is 2.65 bits per heavy atom. The Labute approximate surface area is 187 Å². The molecule has 1 fully saturated rings. The van der Waals surface area contributed by atoms with Crippen LogP contribution in [0.5, 0.6) is 11.5 Å². The number of methoxy groups -OCH3 is 1. The van der Waals surface area contributed by atoms with Crippen molar-refractivity contribution >= 4 is 23.4 Å². The van der Waals surface area contributed by atoms with Gasteiger partial charge in [-0.3, -0.25) is 9.59 Å². The third-order valence-electron chi connectivity index (χ3n) is 5.21. The van der Waals surface area contributed by atoms with Gasteiger partial charge in [-0.15, -0.1) is 0 Å². The van der Waals surface area contributed by atoms with Crippen LogP contribution in [0.4, 0.5) is 0 Å². The SMILES string of the molecule is COc1ccccc1CCC(=O)N1CCO[C@](COc2ccc(Cl)cc2)(CC(N)=O)C1. The summed E-state index contributed by atoms with van der Waals surface area (Å²) in [5.74, 6) is 0.825. The van der Waals surface area contributed by atoms with Crippen LogP contribution in [-0.2, 0) is 20.7 Å². The number of carbonyl (C=O) groups is 2. The molecule has 166 valence electrons. The average Bonchev–Trinajstić information content (AvgIpc) is 2.77. The maximum atomic E-state index is 12.9. The lowest BCUT2D eigenvalue weighted by Crippen LogP contribution is -2.58. The first-order valence-electron chi connectivity index (χ1n) is 10.1. The Morgan fingerprint density at radius 1 is 1.19 bits per heavy atom. The molecule has 2 aromatic rings. The lowest BCUT2D eigenvalue weighted by molar-refractivity contribution is -0.161. The smallest absolute Gasteiger partial charge is 0.223 e. The number of halogens is 1. The molecule has 3 rings (SSSR count). The molecule has 0 aliphatic carbocycles. The molecule has 1 saturated heterocycles. The number of hydrogen-bond donors (Lipinski definition) is 1. The number of hydrogen-bond acceptors (Lipinski definition) is 5. The van der Waals surface area contributed by atoms with Gasteiger partial charge in [-0.2, -0.15) is 0 Å². The minimum Gasteiger partial charge on any atom is -0.496 e. The Bertz CT molecular complexity index is 905. The highest BCUT2D eigenvalue weighted by atomic mass is 35.5. The second-order valence-electron chi connectivity index (χ2n) is 7.54. The molecule has 0 unspecified atom stereocenters. The highest BCUT2D eigenvalue weighted by molar-refractivity contribution is 6.30. The lowest BCUT2D eigenvalue weighted by atomic mass is 9.97. The van der Waals surface area contributed by atoms with Crippen molar-refractivity contribution in [1.29, 1.82) is 0 Å². The second-order valence-corrected chi connectivity index (χ2v) is 7.98. The van der Waals surface area contributed by atoms with Crippen LogP contribution in [0, 0.1) is 0 Å². The maximum Gasteiger partial charge on any atom is 0.223 e. The summed E-state index contributed by atoms with van der Waals surface area (Å²) in [6.07, 6.45) is 0.840. The monoisotopic (exact) mass is 446 g/mol. The van der Waals surface area contributed by atoms with E-state index in [9.17, 15) is 9.59 Å². The van der Waals surface area contributed by atoms with E-state index < -0.39 is 11.5 Å². The van der Waals surface area contributed by atoms with Gasteiger partial charge in [-0.25, -0.2) is 0 Å². The molecule has 31 heavy (non-hydrogen) atoms. The van der Waals surface area contributed by atoms with Crippen LogP contribution in [0.15, 0.2) is 48.5 Å². The van der Waals surface area contributed by atoms with E-state index in [4.69, 9.17) is 31.5 Å². The number of rotatable bonds is 9.